The molecule has 3 aromatic heterocycles. The number of hydrogen-bond donors (Lipinski definition) is 1. The van der Waals surface area contributed by atoms with Crippen LogP contribution in [0.25, 0.3) is 11.5 Å². The summed E-state index contributed by atoms with van der Waals surface area (Å²) in [7, 11) is 0. The summed E-state index contributed by atoms with van der Waals surface area (Å²) in [6, 6.07) is 4.04. The standard InChI is InChI=1S/C21H26N6O2S/c1-3-5-18-25-21(29-26-18)17-13-22-14(2)24-19(17)27-9-7-15(8-10-27)20(28)23-12-16-6-4-11-30-16/h4,6,11,13,15H,3,5,7-10,12H2,1-2H3,(H,23,28). The van der Waals surface area contributed by atoms with Crippen LogP contribution in [-0.2, 0) is 17.8 Å². The van der Waals surface area contributed by atoms with E-state index in [2.05, 4.69) is 37.2 Å². The van der Waals surface area contributed by atoms with Crippen LogP contribution in [0.4, 0.5) is 5.82 Å². The predicted molar refractivity (Wildman–Crippen MR) is 115 cm³/mol. The number of anilines is 1. The second kappa shape index (κ2) is 9.34. The van der Waals surface area contributed by atoms with Gasteiger partial charge in [0.05, 0.1) is 6.54 Å². The summed E-state index contributed by atoms with van der Waals surface area (Å²) in [5, 5.41) is 9.14. The largest absolute Gasteiger partial charge is 0.356 e. The number of rotatable bonds is 7. The summed E-state index contributed by atoms with van der Waals surface area (Å²) in [6.07, 6.45) is 5.05. The SMILES string of the molecule is CCCc1noc(-c2cnc(C)nc2N2CCC(C(=O)NCc3cccs3)CC2)n1. The van der Waals surface area contributed by atoms with E-state index in [-0.39, 0.29) is 11.8 Å². The van der Waals surface area contributed by atoms with Gasteiger partial charge >= 0.3 is 0 Å². The normalized spacial score (nSPS) is 14.8. The van der Waals surface area contributed by atoms with Gasteiger partial charge in [0, 0.05) is 36.5 Å². The zero-order valence-corrected chi connectivity index (χ0v) is 18.1. The lowest BCUT2D eigenvalue weighted by Crippen LogP contribution is -2.41. The van der Waals surface area contributed by atoms with E-state index in [4.69, 9.17) is 4.52 Å². The van der Waals surface area contributed by atoms with Crippen molar-refractivity contribution in [2.24, 2.45) is 5.92 Å². The number of thiophene rings is 1. The van der Waals surface area contributed by atoms with E-state index in [1.165, 1.54) is 4.88 Å². The highest BCUT2D eigenvalue weighted by Crippen LogP contribution is 2.31. The van der Waals surface area contributed by atoms with Crippen molar-refractivity contribution >= 4 is 23.1 Å². The zero-order valence-electron chi connectivity index (χ0n) is 17.3. The minimum Gasteiger partial charge on any atom is -0.356 e. The molecule has 158 valence electrons. The number of carbonyl (C=O) groups excluding carboxylic acids is 1. The number of amides is 1. The molecule has 4 heterocycles. The first-order valence-corrected chi connectivity index (χ1v) is 11.2. The molecule has 1 N–H and O–H groups in total. The first-order valence-electron chi connectivity index (χ1n) is 10.4. The third kappa shape index (κ3) is 4.67. The second-order valence-corrected chi connectivity index (χ2v) is 8.51. The van der Waals surface area contributed by atoms with Crippen LogP contribution in [0.3, 0.4) is 0 Å². The second-order valence-electron chi connectivity index (χ2n) is 7.48. The number of piperidine rings is 1. The van der Waals surface area contributed by atoms with Crippen LogP contribution in [0.5, 0.6) is 0 Å². The Balaban J connectivity index is 1.42. The average Bonchev–Trinajstić information content (AvgIpc) is 3.45. The third-order valence-corrected chi connectivity index (χ3v) is 6.12. The fourth-order valence-electron chi connectivity index (χ4n) is 3.62. The summed E-state index contributed by atoms with van der Waals surface area (Å²) in [4.78, 5) is 29.4. The van der Waals surface area contributed by atoms with Gasteiger partial charge in [0.1, 0.15) is 17.2 Å². The molecule has 0 bridgehead atoms. The lowest BCUT2D eigenvalue weighted by atomic mass is 9.95. The topological polar surface area (TPSA) is 97.0 Å². The van der Waals surface area contributed by atoms with Gasteiger partial charge in [-0.05, 0) is 37.6 Å². The molecule has 1 aliphatic rings. The molecule has 1 fully saturated rings. The molecule has 1 aliphatic heterocycles. The smallest absolute Gasteiger partial charge is 0.263 e. The molecular weight excluding hydrogens is 400 g/mol. The van der Waals surface area contributed by atoms with Crippen LogP contribution in [0, 0.1) is 12.8 Å². The molecule has 30 heavy (non-hydrogen) atoms. The zero-order chi connectivity index (χ0) is 20.9. The summed E-state index contributed by atoms with van der Waals surface area (Å²) < 4.78 is 5.47. The van der Waals surface area contributed by atoms with E-state index in [0.717, 1.165) is 50.2 Å². The molecule has 1 amide bonds. The van der Waals surface area contributed by atoms with Crippen molar-refractivity contribution in [3.8, 4) is 11.5 Å². The molecule has 9 heteroatoms. The van der Waals surface area contributed by atoms with Crippen LogP contribution in [0.2, 0.25) is 0 Å². The lowest BCUT2D eigenvalue weighted by Gasteiger charge is -2.32. The predicted octanol–water partition coefficient (Wildman–Crippen LogP) is 3.38. The summed E-state index contributed by atoms with van der Waals surface area (Å²) in [5.74, 6) is 2.78. The molecule has 0 aromatic carbocycles. The molecule has 8 nitrogen and oxygen atoms in total. The van der Waals surface area contributed by atoms with E-state index >= 15 is 0 Å². The van der Waals surface area contributed by atoms with Gasteiger partial charge < -0.3 is 14.7 Å². The summed E-state index contributed by atoms with van der Waals surface area (Å²) in [6.45, 7) is 6.04. The third-order valence-electron chi connectivity index (χ3n) is 5.24. The molecule has 0 aliphatic carbocycles. The summed E-state index contributed by atoms with van der Waals surface area (Å²) in [5.41, 5.74) is 0.746. The number of nitrogens with one attached hydrogen (secondary N) is 1. The van der Waals surface area contributed by atoms with Gasteiger partial charge in [0.25, 0.3) is 5.89 Å². The van der Waals surface area contributed by atoms with Gasteiger partial charge in [-0.1, -0.05) is 18.1 Å². The van der Waals surface area contributed by atoms with Crippen molar-refractivity contribution in [2.75, 3.05) is 18.0 Å². The van der Waals surface area contributed by atoms with Crippen molar-refractivity contribution < 1.29 is 9.32 Å². The fraction of sp³-hybridized carbons (Fsp3) is 0.476. The Labute approximate surface area is 179 Å². The van der Waals surface area contributed by atoms with E-state index in [0.29, 0.717) is 24.1 Å². The van der Waals surface area contributed by atoms with Crippen LogP contribution < -0.4 is 10.2 Å². The number of hydrogen-bond acceptors (Lipinski definition) is 8. The maximum Gasteiger partial charge on any atom is 0.263 e. The van der Waals surface area contributed by atoms with Crippen molar-refractivity contribution in [3.05, 3.63) is 40.2 Å². The molecule has 3 aromatic rings. The molecule has 0 spiro atoms. The van der Waals surface area contributed by atoms with Crippen molar-refractivity contribution in [1.29, 1.82) is 0 Å². The number of nitrogens with zero attached hydrogens (tertiary/aromatic N) is 5. The number of aryl methyl sites for hydroxylation is 2. The first-order chi connectivity index (χ1) is 14.6. The van der Waals surface area contributed by atoms with E-state index in [1.807, 2.05) is 24.4 Å². The van der Waals surface area contributed by atoms with Crippen molar-refractivity contribution in [1.82, 2.24) is 25.4 Å². The van der Waals surface area contributed by atoms with E-state index in [1.54, 1.807) is 17.5 Å². The monoisotopic (exact) mass is 426 g/mol. The highest BCUT2D eigenvalue weighted by Gasteiger charge is 2.28. The molecule has 0 radical (unpaired) electrons. The van der Waals surface area contributed by atoms with E-state index in [9.17, 15) is 4.79 Å². The van der Waals surface area contributed by atoms with Crippen LogP contribution in [-0.4, -0.2) is 39.1 Å². The molecular formula is C21H26N6O2S. The molecule has 4 rings (SSSR count). The Kier molecular flexibility index (Phi) is 6.37. The fourth-order valence-corrected chi connectivity index (χ4v) is 4.27. The molecule has 0 saturated carbocycles. The van der Waals surface area contributed by atoms with Gasteiger partial charge in [-0.25, -0.2) is 9.97 Å². The Morgan fingerprint density at radius 3 is 2.90 bits per heavy atom. The Hall–Kier alpha value is -2.81. The van der Waals surface area contributed by atoms with Crippen molar-refractivity contribution in [2.45, 2.75) is 46.1 Å². The van der Waals surface area contributed by atoms with Gasteiger partial charge in [-0.2, -0.15) is 4.98 Å². The first kappa shape index (κ1) is 20.5. The minimum absolute atomic E-state index is 0.0205. The maximum atomic E-state index is 12.6. The highest BCUT2D eigenvalue weighted by atomic mass is 32.1. The Morgan fingerprint density at radius 2 is 2.17 bits per heavy atom. The summed E-state index contributed by atoms with van der Waals surface area (Å²) >= 11 is 1.66. The van der Waals surface area contributed by atoms with Crippen LogP contribution in [0.15, 0.2) is 28.2 Å². The quantitative estimate of drug-likeness (QED) is 0.618. The Morgan fingerprint density at radius 1 is 1.33 bits per heavy atom. The molecule has 0 unspecified atom stereocenters. The van der Waals surface area contributed by atoms with Gasteiger partial charge in [-0.15, -0.1) is 11.3 Å². The van der Waals surface area contributed by atoms with Gasteiger partial charge in [0.2, 0.25) is 5.91 Å². The number of aromatic nitrogens is 4. The molecule has 0 atom stereocenters. The van der Waals surface area contributed by atoms with Crippen LogP contribution in [0.1, 0.15) is 42.7 Å². The number of carbonyl (C=O) groups is 1. The van der Waals surface area contributed by atoms with E-state index < -0.39 is 0 Å². The maximum absolute atomic E-state index is 12.6. The highest BCUT2D eigenvalue weighted by molar-refractivity contribution is 7.09. The lowest BCUT2D eigenvalue weighted by molar-refractivity contribution is -0.125. The molecule has 1 saturated heterocycles. The Bertz CT molecular complexity index is 979. The average molecular weight is 427 g/mol. The van der Waals surface area contributed by atoms with Crippen LogP contribution >= 0.6 is 11.3 Å². The van der Waals surface area contributed by atoms with Gasteiger partial charge in [-0.3, -0.25) is 4.79 Å². The minimum atomic E-state index is 0.0205. The van der Waals surface area contributed by atoms with Crippen molar-refractivity contribution in [3.63, 3.8) is 0 Å². The van der Waals surface area contributed by atoms with Gasteiger partial charge in [0.15, 0.2) is 5.82 Å².